The van der Waals surface area contributed by atoms with Crippen LogP contribution in [0.1, 0.15) is 33.6 Å². The number of halogens is 1. The average molecular weight is 357 g/mol. The van der Waals surface area contributed by atoms with Crippen molar-refractivity contribution in [1.29, 1.82) is 0 Å². The molecule has 2 N–H and O–H groups in total. The third-order valence-electron chi connectivity index (χ3n) is 2.20. The van der Waals surface area contributed by atoms with Crippen LogP contribution in [0.3, 0.4) is 0 Å². The molecule has 0 aliphatic heterocycles. The number of nitrogens with one attached hydrogen (secondary N) is 2. The van der Waals surface area contributed by atoms with Gasteiger partial charge < -0.3 is 15.4 Å². The second-order valence-corrected chi connectivity index (χ2v) is 4.16. The lowest BCUT2D eigenvalue weighted by Crippen LogP contribution is -2.38. The third-order valence-corrected chi connectivity index (χ3v) is 2.20. The maximum atomic E-state index is 5.26. The molecule has 0 bridgehead atoms. The summed E-state index contributed by atoms with van der Waals surface area (Å²) < 4.78 is 5.26. The standard InChI is InChI=1S/C12H27N3O.HI/c1-5-16-10-6-8-14-12(13-4)15-9-7-11(2)3;/h11H,5-10H2,1-4H3,(H2,13,14,15);1H. The smallest absolute Gasteiger partial charge is 0.190 e. The van der Waals surface area contributed by atoms with Gasteiger partial charge in [-0.25, -0.2) is 0 Å². The molecule has 104 valence electrons. The van der Waals surface area contributed by atoms with E-state index in [1.165, 1.54) is 6.42 Å². The Morgan fingerprint density at radius 1 is 1.24 bits per heavy atom. The predicted molar refractivity (Wildman–Crippen MR) is 85.3 cm³/mol. The molecule has 0 atom stereocenters. The maximum Gasteiger partial charge on any atom is 0.190 e. The van der Waals surface area contributed by atoms with Crippen LogP contribution in [0.5, 0.6) is 0 Å². The molecule has 17 heavy (non-hydrogen) atoms. The zero-order chi connectivity index (χ0) is 12.2. The highest BCUT2D eigenvalue weighted by atomic mass is 127. The first-order chi connectivity index (χ1) is 7.70. The molecule has 0 saturated carbocycles. The fourth-order valence-corrected chi connectivity index (χ4v) is 1.23. The van der Waals surface area contributed by atoms with E-state index in [4.69, 9.17) is 4.74 Å². The highest BCUT2D eigenvalue weighted by molar-refractivity contribution is 14.0. The predicted octanol–water partition coefficient (Wildman–Crippen LogP) is 2.24. The number of guanidine groups is 1. The van der Waals surface area contributed by atoms with Gasteiger partial charge in [0.25, 0.3) is 0 Å². The van der Waals surface area contributed by atoms with E-state index in [1.807, 2.05) is 6.92 Å². The Balaban J connectivity index is 0. The van der Waals surface area contributed by atoms with Gasteiger partial charge in [0.2, 0.25) is 0 Å². The Kier molecular flexibility index (Phi) is 15.9. The van der Waals surface area contributed by atoms with Crippen LogP contribution in [-0.2, 0) is 4.74 Å². The van der Waals surface area contributed by atoms with Crippen LogP contribution >= 0.6 is 24.0 Å². The summed E-state index contributed by atoms with van der Waals surface area (Å²) in [4.78, 5) is 4.16. The monoisotopic (exact) mass is 357 g/mol. The van der Waals surface area contributed by atoms with Gasteiger partial charge in [0.1, 0.15) is 0 Å². The normalized spacial score (nSPS) is 11.2. The minimum Gasteiger partial charge on any atom is -0.382 e. The Bertz CT molecular complexity index is 187. The van der Waals surface area contributed by atoms with Crippen molar-refractivity contribution in [3.63, 3.8) is 0 Å². The zero-order valence-corrected chi connectivity index (χ0v) is 13.9. The van der Waals surface area contributed by atoms with Crippen molar-refractivity contribution in [3.8, 4) is 0 Å². The summed E-state index contributed by atoms with van der Waals surface area (Å²) in [5.74, 6) is 1.61. The number of rotatable bonds is 8. The summed E-state index contributed by atoms with van der Waals surface area (Å²) in [6.07, 6.45) is 2.18. The molecule has 0 amide bonds. The van der Waals surface area contributed by atoms with E-state index in [9.17, 15) is 0 Å². The molecular formula is C12H28IN3O. The molecule has 0 aliphatic carbocycles. The van der Waals surface area contributed by atoms with E-state index < -0.39 is 0 Å². The van der Waals surface area contributed by atoms with E-state index in [1.54, 1.807) is 7.05 Å². The van der Waals surface area contributed by atoms with Gasteiger partial charge in [0.05, 0.1) is 0 Å². The van der Waals surface area contributed by atoms with Crippen LogP contribution in [0.15, 0.2) is 4.99 Å². The van der Waals surface area contributed by atoms with Crippen molar-refractivity contribution in [1.82, 2.24) is 10.6 Å². The van der Waals surface area contributed by atoms with Crippen LogP contribution in [0.4, 0.5) is 0 Å². The lowest BCUT2D eigenvalue weighted by Gasteiger charge is -2.12. The van der Waals surface area contributed by atoms with Crippen LogP contribution in [0.25, 0.3) is 0 Å². The first kappa shape index (κ1) is 19.3. The average Bonchev–Trinajstić information content (AvgIpc) is 2.26. The number of hydrogen-bond donors (Lipinski definition) is 2. The van der Waals surface area contributed by atoms with Crippen molar-refractivity contribution >= 4 is 29.9 Å². The summed E-state index contributed by atoms with van der Waals surface area (Å²) in [5, 5.41) is 6.55. The molecular weight excluding hydrogens is 329 g/mol. The molecule has 0 spiro atoms. The van der Waals surface area contributed by atoms with E-state index in [0.717, 1.165) is 44.6 Å². The topological polar surface area (TPSA) is 45.6 Å². The van der Waals surface area contributed by atoms with Gasteiger partial charge in [-0.2, -0.15) is 0 Å². The van der Waals surface area contributed by atoms with Crippen molar-refractivity contribution in [2.45, 2.75) is 33.6 Å². The number of aliphatic imine (C=N–C) groups is 1. The highest BCUT2D eigenvalue weighted by Gasteiger charge is 1.97. The third kappa shape index (κ3) is 13.9. The van der Waals surface area contributed by atoms with E-state index >= 15 is 0 Å². The van der Waals surface area contributed by atoms with Crippen LogP contribution in [-0.4, -0.2) is 39.3 Å². The molecule has 0 aromatic carbocycles. The minimum atomic E-state index is 0. The number of nitrogens with zero attached hydrogens (tertiary/aromatic N) is 1. The largest absolute Gasteiger partial charge is 0.382 e. The zero-order valence-electron chi connectivity index (χ0n) is 11.6. The molecule has 5 heteroatoms. The van der Waals surface area contributed by atoms with Gasteiger partial charge in [-0.15, -0.1) is 24.0 Å². The minimum absolute atomic E-state index is 0. The number of hydrogen-bond acceptors (Lipinski definition) is 2. The quantitative estimate of drug-likeness (QED) is 0.303. The van der Waals surface area contributed by atoms with Crippen molar-refractivity contribution in [3.05, 3.63) is 0 Å². The summed E-state index contributed by atoms with van der Waals surface area (Å²) in [7, 11) is 1.80. The van der Waals surface area contributed by atoms with Crippen molar-refractivity contribution in [2.24, 2.45) is 10.9 Å². The summed E-state index contributed by atoms with van der Waals surface area (Å²) in [6, 6.07) is 0. The van der Waals surface area contributed by atoms with Gasteiger partial charge >= 0.3 is 0 Å². The van der Waals surface area contributed by atoms with Gasteiger partial charge in [0, 0.05) is 33.4 Å². The fourth-order valence-electron chi connectivity index (χ4n) is 1.23. The molecule has 0 heterocycles. The maximum absolute atomic E-state index is 5.26. The highest BCUT2D eigenvalue weighted by Crippen LogP contribution is 1.95. The molecule has 0 unspecified atom stereocenters. The second-order valence-electron chi connectivity index (χ2n) is 4.16. The summed E-state index contributed by atoms with van der Waals surface area (Å²) in [6.45, 7) is 9.94. The molecule has 0 saturated heterocycles. The van der Waals surface area contributed by atoms with Crippen LogP contribution in [0, 0.1) is 5.92 Å². The lowest BCUT2D eigenvalue weighted by atomic mass is 10.1. The molecule has 0 fully saturated rings. The van der Waals surface area contributed by atoms with Crippen LogP contribution < -0.4 is 10.6 Å². The Hall–Kier alpha value is -0.0400. The fraction of sp³-hybridized carbons (Fsp3) is 0.917. The molecule has 0 aromatic heterocycles. The molecule has 4 nitrogen and oxygen atoms in total. The van der Waals surface area contributed by atoms with E-state index in [-0.39, 0.29) is 24.0 Å². The summed E-state index contributed by atoms with van der Waals surface area (Å²) in [5.41, 5.74) is 0. The Labute approximate surface area is 123 Å². The van der Waals surface area contributed by atoms with E-state index in [2.05, 4.69) is 29.5 Å². The molecule has 0 aliphatic rings. The first-order valence-electron chi connectivity index (χ1n) is 6.23. The van der Waals surface area contributed by atoms with Gasteiger partial charge in [-0.1, -0.05) is 13.8 Å². The SMILES string of the molecule is CCOCCCNC(=NC)NCCC(C)C.I. The van der Waals surface area contributed by atoms with Gasteiger partial charge in [-0.05, 0) is 25.7 Å². The van der Waals surface area contributed by atoms with Gasteiger partial charge in [0.15, 0.2) is 5.96 Å². The Morgan fingerprint density at radius 2 is 1.88 bits per heavy atom. The number of ether oxygens (including phenoxy) is 1. The van der Waals surface area contributed by atoms with Crippen molar-refractivity contribution < 1.29 is 4.74 Å². The Morgan fingerprint density at radius 3 is 2.41 bits per heavy atom. The van der Waals surface area contributed by atoms with Gasteiger partial charge in [-0.3, -0.25) is 4.99 Å². The van der Waals surface area contributed by atoms with Crippen molar-refractivity contribution in [2.75, 3.05) is 33.4 Å². The molecule has 0 aromatic rings. The van der Waals surface area contributed by atoms with E-state index in [0.29, 0.717) is 0 Å². The van der Waals surface area contributed by atoms with Crippen LogP contribution in [0.2, 0.25) is 0 Å². The molecule has 0 rings (SSSR count). The second kappa shape index (κ2) is 14.0. The molecule has 0 radical (unpaired) electrons. The first-order valence-corrected chi connectivity index (χ1v) is 6.23. The summed E-state index contributed by atoms with van der Waals surface area (Å²) >= 11 is 0. The lowest BCUT2D eigenvalue weighted by molar-refractivity contribution is 0.145.